The van der Waals surface area contributed by atoms with Gasteiger partial charge in [0.05, 0.1) is 16.1 Å². The van der Waals surface area contributed by atoms with E-state index < -0.39 is 0 Å². The second-order valence-electron chi connectivity index (χ2n) is 3.65. The third kappa shape index (κ3) is 3.04. The van der Waals surface area contributed by atoms with E-state index in [1.807, 2.05) is 22.9 Å². The number of rotatable bonds is 5. The molecule has 0 atom stereocenters. The zero-order valence-corrected chi connectivity index (χ0v) is 12.5. The van der Waals surface area contributed by atoms with E-state index in [1.54, 1.807) is 22.7 Å². The normalized spacial score (nSPS) is 11.3. The molecule has 0 radical (unpaired) electrons. The molecule has 92 valence electrons. The molecule has 0 amide bonds. The Morgan fingerprint density at radius 3 is 2.00 bits per heavy atom. The predicted octanol–water partition coefficient (Wildman–Crippen LogP) is 5.21. The van der Waals surface area contributed by atoms with E-state index in [0.717, 1.165) is 32.8 Å². The number of thiophene rings is 2. The van der Waals surface area contributed by atoms with Gasteiger partial charge in [-0.3, -0.25) is 0 Å². The molecule has 0 aliphatic carbocycles. The van der Waals surface area contributed by atoms with Crippen molar-refractivity contribution in [2.24, 2.45) is 0 Å². The van der Waals surface area contributed by atoms with Gasteiger partial charge in [-0.05, 0) is 35.9 Å². The molecule has 0 unspecified atom stereocenters. The van der Waals surface area contributed by atoms with E-state index in [4.69, 9.17) is 23.2 Å². The molecule has 2 rings (SSSR count). The maximum absolute atomic E-state index is 6.21. The largest absolute Gasteiger partial charge is 0.305 e. The summed E-state index contributed by atoms with van der Waals surface area (Å²) < 4.78 is 0. The van der Waals surface area contributed by atoms with E-state index >= 15 is 0 Å². The highest BCUT2D eigenvalue weighted by Crippen LogP contribution is 2.38. The van der Waals surface area contributed by atoms with Crippen molar-refractivity contribution in [3.05, 3.63) is 42.7 Å². The molecule has 0 aliphatic rings. The third-order valence-electron chi connectivity index (χ3n) is 2.41. The van der Waals surface area contributed by atoms with Gasteiger partial charge < -0.3 is 5.32 Å². The van der Waals surface area contributed by atoms with Crippen LogP contribution < -0.4 is 5.32 Å². The Morgan fingerprint density at radius 2 is 1.65 bits per heavy atom. The first-order valence-corrected chi connectivity index (χ1v) is 7.94. The summed E-state index contributed by atoms with van der Waals surface area (Å²) in [7, 11) is 0. The van der Waals surface area contributed by atoms with Gasteiger partial charge in [-0.2, -0.15) is 0 Å². The summed E-state index contributed by atoms with van der Waals surface area (Å²) >= 11 is 15.8. The van der Waals surface area contributed by atoms with Gasteiger partial charge in [0, 0.05) is 9.75 Å². The lowest BCUT2D eigenvalue weighted by Gasteiger charge is -2.17. The molecule has 2 aromatic heterocycles. The first-order chi connectivity index (χ1) is 8.24. The molecule has 0 spiro atoms. The summed E-state index contributed by atoms with van der Waals surface area (Å²) in [6.07, 6.45) is 1.09. The molecular formula is C12H13Cl2NS2. The van der Waals surface area contributed by atoms with Crippen molar-refractivity contribution in [2.75, 3.05) is 6.54 Å². The summed E-state index contributed by atoms with van der Waals surface area (Å²) in [6.45, 7) is 3.10. The fraction of sp³-hybridized carbons (Fsp3) is 0.333. The van der Waals surface area contributed by atoms with Gasteiger partial charge in [0.1, 0.15) is 0 Å². The Kier molecular flexibility index (Phi) is 4.88. The molecule has 2 aromatic rings. The van der Waals surface area contributed by atoms with Crippen LogP contribution in [0.15, 0.2) is 22.9 Å². The monoisotopic (exact) mass is 305 g/mol. The van der Waals surface area contributed by atoms with Crippen molar-refractivity contribution in [1.82, 2.24) is 5.32 Å². The second-order valence-corrected chi connectivity index (χ2v) is 6.36. The maximum atomic E-state index is 6.21. The zero-order valence-electron chi connectivity index (χ0n) is 9.37. The Hall–Kier alpha value is -0.0600. The summed E-state index contributed by atoms with van der Waals surface area (Å²) in [5, 5.41) is 9.16. The van der Waals surface area contributed by atoms with Gasteiger partial charge >= 0.3 is 0 Å². The molecule has 0 aromatic carbocycles. The lowest BCUT2D eigenvalue weighted by Crippen LogP contribution is -2.22. The van der Waals surface area contributed by atoms with Crippen LogP contribution in [-0.4, -0.2) is 6.54 Å². The van der Waals surface area contributed by atoms with Crippen LogP contribution in [0.25, 0.3) is 0 Å². The average Bonchev–Trinajstić information content (AvgIpc) is 2.90. The van der Waals surface area contributed by atoms with Gasteiger partial charge in [-0.25, -0.2) is 0 Å². The molecule has 2 heterocycles. The number of halogens is 2. The molecule has 1 N–H and O–H groups in total. The summed E-state index contributed by atoms with van der Waals surface area (Å²) in [5.41, 5.74) is 0. The van der Waals surface area contributed by atoms with Crippen LogP contribution in [0.4, 0.5) is 0 Å². The lowest BCUT2D eigenvalue weighted by atomic mass is 10.2. The molecular weight excluding hydrogens is 293 g/mol. The molecule has 17 heavy (non-hydrogen) atoms. The number of nitrogens with one attached hydrogen (secondary N) is 1. The third-order valence-corrected chi connectivity index (χ3v) is 5.26. The van der Waals surface area contributed by atoms with Gasteiger partial charge in [-0.15, -0.1) is 22.7 Å². The zero-order chi connectivity index (χ0) is 12.3. The molecule has 0 bridgehead atoms. The Labute approximate surface area is 119 Å². The van der Waals surface area contributed by atoms with Crippen molar-refractivity contribution >= 4 is 45.9 Å². The number of hydrogen-bond donors (Lipinski definition) is 1. The Morgan fingerprint density at radius 1 is 1.12 bits per heavy atom. The van der Waals surface area contributed by atoms with Crippen LogP contribution in [0.2, 0.25) is 10.0 Å². The summed E-state index contributed by atoms with van der Waals surface area (Å²) in [4.78, 5) is 2.29. The highest BCUT2D eigenvalue weighted by molar-refractivity contribution is 7.12. The SMILES string of the molecule is CCCNC(c1sccc1Cl)c1sccc1Cl. The van der Waals surface area contributed by atoms with Crippen LogP contribution in [0.1, 0.15) is 29.1 Å². The van der Waals surface area contributed by atoms with E-state index in [0.29, 0.717) is 0 Å². The molecule has 1 nitrogen and oxygen atoms in total. The van der Waals surface area contributed by atoms with Crippen molar-refractivity contribution in [1.29, 1.82) is 0 Å². The first kappa shape index (κ1) is 13.4. The Balaban J connectivity index is 2.32. The van der Waals surface area contributed by atoms with E-state index in [1.165, 1.54) is 0 Å². The van der Waals surface area contributed by atoms with Gasteiger partial charge in [-0.1, -0.05) is 30.1 Å². The molecule has 0 saturated carbocycles. The first-order valence-electron chi connectivity index (χ1n) is 5.43. The van der Waals surface area contributed by atoms with Crippen LogP contribution in [0.5, 0.6) is 0 Å². The smallest absolute Gasteiger partial charge is 0.0795 e. The summed E-state index contributed by atoms with van der Waals surface area (Å²) in [6, 6.07) is 3.99. The van der Waals surface area contributed by atoms with Crippen molar-refractivity contribution < 1.29 is 0 Å². The predicted molar refractivity (Wildman–Crippen MR) is 78.8 cm³/mol. The van der Waals surface area contributed by atoms with E-state index in [9.17, 15) is 0 Å². The number of hydrogen-bond acceptors (Lipinski definition) is 3. The highest BCUT2D eigenvalue weighted by atomic mass is 35.5. The Bertz CT molecular complexity index is 438. The van der Waals surface area contributed by atoms with E-state index in [2.05, 4.69) is 12.2 Å². The molecule has 0 fully saturated rings. The van der Waals surface area contributed by atoms with Gasteiger partial charge in [0.25, 0.3) is 0 Å². The van der Waals surface area contributed by atoms with Crippen molar-refractivity contribution in [3.8, 4) is 0 Å². The fourth-order valence-corrected chi connectivity index (χ4v) is 4.19. The highest BCUT2D eigenvalue weighted by Gasteiger charge is 2.21. The van der Waals surface area contributed by atoms with Crippen LogP contribution in [-0.2, 0) is 0 Å². The van der Waals surface area contributed by atoms with Gasteiger partial charge in [0.2, 0.25) is 0 Å². The molecule has 5 heteroatoms. The van der Waals surface area contributed by atoms with Crippen LogP contribution in [0, 0.1) is 0 Å². The van der Waals surface area contributed by atoms with Crippen molar-refractivity contribution in [2.45, 2.75) is 19.4 Å². The molecule has 0 saturated heterocycles. The maximum Gasteiger partial charge on any atom is 0.0795 e. The quantitative estimate of drug-likeness (QED) is 0.800. The van der Waals surface area contributed by atoms with E-state index in [-0.39, 0.29) is 6.04 Å². The molecule has 0 aliphatic heterocycles. The van der Waals surface area contributed by atoms with Crippen molar-refractivity contribution in [3.63, 3.8) is 0 Å². The second kappa shape index (κ2) is 6.21. The minimum absolute atomic E-state index is 0.120. The standard InChI is InChI=1S/C12H13Cl2NS2/c1-2-5-15-10(11-8(13)3-6-16-11)12-9(14)4-7-17-12/h3-4,6-7,10,15H,2,5H2,1H3. The minimum Gasteiger partial charge on any atom is -0.305 e. The van der Waals surface area contributed by atoms with Gasteiger partial charge in [0.15, 0.2) is 0 Å². The average molecular weight is 306 g/mol. The minimum atomic E-state index is 0.120. The lowest BCUT2D eigenvalue weighted by molar-refractivity contribution is 0.613. The van der Waals surface area contributed by atoms with Crippen LogP contribution in [0.3, 0.4) is 0 Å². The fourth-order valence-electron chi connectivity index (χ4n) is 1.62. The van der Waals surface area contributed by atoms with Crippen LogP contribution >= 0.6 is 45.9 Å². The summed E-state index contributed by atoms with van der Waals surface area (Å²) in [5.74, 6) is 0. The topological polar surface area (TPSA) is 12.0 Å².